The Morgan fingerprint density at radius 1 is 1.11 bits per heavy atom. The van der Waals surface area contributed by atoms with Crippen LogP contribution < -0.4 is 10.6 Å². The van der Waals surface area contributed by atoms with Crippen molar-refractivity contribution in [2.24, 2.45) is 5.73 Å². The van der Waals surface area contributed by atoms with Crippen LogP contribution in [0.15, 0.2) is 42.7 Å². The molecule has 4 heteroatoms. The number of anilines is 1. The lowest BCUT2D eigenvalue weighted by atomic mass is 10.1. The second-order valence-electron chi connectivity index (χ2n) is 4.54. The standard InChI is InChI=1S/C15H20N4/c1-19(15-14(12-16)17-9-10-18-15)11-5-8-13-6-3-2-4-7-13/h2-4,6-7,9-10H,5,8,11-12,16H2,1H3. The van der Waals surface area contributed by atoms with Crippen LogP contribution in [0.2, 0.25) is 0 Å². The van der Waals surface area contributed by atoms with E-state index in [9.17, 15) is 0 Å². The Morgan fingerprint density at radius 3 is 2.58 bits per heavy atom. The second kappa shape index (κ2) is 6.85. The maximum absolute atomic E-state index is 5.68. The van der Waals surface area contributed by atoms with E-state index in [1.807, 2.05) is 13.1 Å². The van der Waals surface area contributed by atoms with E-state index in [1.54, 1.807) is 12.4 Å². The van der Waals surface area contributed by atoms with E-state index >= 15 is 0 Å². The SMILES string of the molecule is CN(CCCc1ccccc1)c1nccnc1CN. The Kier molecular flexibility index (Phi) is 4.86. The molecule has 0 aliphatic rings. The monoisotopic (exact) mass is 256 g/mol. The summed E-state index contributed by atoms with van der Waals surface area (Å²) in [6, 6.07) is 10.5. The maximum Gasteiger partial charge on any atom is 0.151 e. The summed E-state index contributed by atoms with van der Waals surface area (Å²) in [5.41, 5.74) is 7.90. The third kappa shape index (κ3) is 3.76. The highest BCUT2D eigenvalue weighted by molar-refractivity contribution is 5.41. The largest absolute Gasteiger partial charge is 0.358 e. The molecule has 0 bridgehead atoms. The van der Waals surface area contributed by atoms with Gasteiger partial charge in [-0.2, -0.15) is 0 Å². The number of aromatic nitrogens is 2. The van der Waals surface area contributed by atoms with Crippen molar-refractivity contribution in [3.63, 3.8) is 0 Å². The van der Waals surface area contributed by atoms with Crippen molar-refractivity contribution in [3.05, 3.63) is 54.0 Å². The number of aryl methyl sites for hydroxylation is 1. The molecule has 1 heterocycles. The average Bonchev–Trinajstić information content (AvgIpc) is 2.48. The van der Waals surface area contributed by atoms with Crippen LogP contribution in [0.5, 0.6) is 0 Å². The van der Waals surface area contributed by atoms with E-state index < -0.39 is 0 Å². The molecule has 0 fully saturated rings. The van der Waals surface area contributed by atoms with Crippen molar-refractivity contribution in [1.29, 1.82) is 0 Å². The first-order valence-electron chi connectivity index (χ1n) is 6.56. The molecule has 2 aromatic rings. The number of rotatable bonds is 6. The van der Waals surface area contributed by atoms with Crippen LogP contribution in [0.1, 0.15) is 17.7 Å². The van der Waals surface area contributed by atoms with Crippen LogP contribution in [0.4, 0.5) is 5.82 Å². The highest BCUT2D eigenvalue weighted by Gasteiger charge is 2.08. The van der Waals surface area contributed by atoms with Gasteiger partial charge in [0.2, 0.25) is 0 Å². The second-order valence-corrected chi connectivity index (χ2v) is 4.54. The van der Waals surface area contributed by atoms with Gasteiger partial charge in [-0.15, -0.1) is 0 Å². The molecule has 4 nitrogen and oxygen atoms in total. The molecule has 1 aromatic heterocycles. The minimum absolute atomic E-state index is 0.423. The van der Waals surface area contributed by atoms with E-state index in [1.165, 1.54) is 5.56 Å². The van der Waals surface area contributed by atoms with Crippen LogP contribution in [-0.4, -0.2) is 23.6 Å². The molecule has 1 aromatic carbocycles. The zero-order valence-corrected chi connectivity index (χ0v) is 11.3. The van der Waals surface area contributed by atoms with Gasteiger partial charge in [0.15, 0.2) is 5.82 Å². The Balaban J connectivity index is 1.89. The van der Waals surface area contributed by atoms with Gasteiger partial charge < -0.3 is 10.6 Å². The normalized spacial score (nSPS) is 10.4. The average molecular weight is 256 g/mol. The van der Waals surface area contributed by atoms with Crippen molar-refractivity contribution in [2.75, 3.05) is 18.5 Å². The molecular formula is C15H20N4. The van der Waals surface area contributed by atoms with Gasteiger partial charge in [0.05, 0.1) is 5.69 Å². The summed E-state index contributed by atoms with van der Waals surface area (Å²) >= 11 is 0. The van der Waals surface area contributed by atoms with Gasteiger partial charge >= 0.3 is 0 Å². The number of hydrogen-bond donors (Lipinski definition) is 1. The predicted octanol–water partition coefficient (Wildman–Crippen LogP) is 2.00. The first-order valence-corrected chi connectivity index (χ1v) is 6.56. The van der Waals surface area contributed by atoms with Crippen LogP contribution in [0.25, 0.3) is 0 Å². The number of nitrogens with two attached hydrogens (primary N) is 1. The smallest absolute Gasteiger partial charge is 0.151 e. The summed E-state index contributed by atoms with van der Waals surface area (Å²) in [7, 11) is 2.04. The molecule has 2 rings (SSSR count). The van der Waals surface area contributed by atoms with Crippen molar-refractivity contribution < 1.29 is 0 Å². The van der Waals surface area contributed by atoms with Crippen molar-refractivity contribution in [3.8, 4) is 0 Å². The predicted molar refractivity (Wildman–Crippen MR) is 78.0 cm³/mol. The molecule has 0 saturated heterocycles. The van der Waals surface area contributed by atoms with E-state index in [-0.39, 0.29) is 0 Å². The van der Waals surface area contributed by atoms with E-state index in [0.29, 0.717) is 6.54 Å². The molecule has 0 atom stereocenters. The van der Waals surface area contributed by atoms with Gasteiger partial charge in [0, 0.05) is 32.5 Å². The summed E-state index contributed by atoms with van der Waals surface area (Å²) in [5, 5.41) is 0. The molecule has 0 unspecified atom stereocenters. The molecule has 0 aliphatic heterocycles. The molecule has 2 N–H and O–H groups in total. The van der Waals surface area contributed by atoms with Crippen LogP contribution >= 0.6 is 0 Å². The third-order valence-electron chi connectivity index (χ3n) is 3.11. The minimum atomic E-state index is 0.423. The lowest BCUT2D eigenvalue weighted by Gasteiger charge is -2.19. The van der Waals surface area contributed by atoms with Crippen molar-refractivity contribution >= 4 is 5.82 Å². The summed E-state index contributed by atoms with van der Waals surface area (Å²) in [4.78, 5) is 10.7. The molecule has 19 heavy (non-hydrogen) atoms. The highest BCUT2D eigenvalue weighted by atomic mass is 15.2. The zero-order valence-electron chi connectivity index (χ0n) is 11.3. The highest BCUT2D eigenvalue weighted by Crippen LogP contribution is 2.13. The summed E-state index contributed by atoms with van der Waals surface area (Å²) < 4.78 is 0. The summed E-state index contributed by atoms with van der Waals surface area (Å²) in [5.74, 6) is 0.887. The molecule has 0 saturated carbocycles. The molecule has 0 spiro atoms. The van der Waals surface area contributed by atoms with Crippen LogP contribution in [0.3, 0.4) is 0 Å². The van der Waals surface area contributed by atoms with Gasteiger partial charge in [0.25, 0.3) is 0 Å². The quantitative estimate of drug-likeness (QED) is 0.859. The minimum Gasteiger partial charge on any atom is -0.358 e. The molecule has 0 amide bonds. The topological polar surface area (TPSA) is 55.0 Å². The van der Waals surface area contributed by atoms with Crippen molar-refractivity contribution in [1.82, 2.24) is 9.97 Å². The summed E-state index contributed by atoms with van der Waals surface area (Å²) in [6.07, 6.45) is 5.55. The fraction of sp³-hybridized carbons (Fsp3) is 0.333. The Bertz CT molecular complexity index is 499. The summed E-state index contributed by atoms with van der Waals surface area (Å²) in [6.45, 7) is 1.37. The van der Waals surface area contributed by atoms with Gasteiger partial charge in [-0.1, -0.05) is 30.3 Å². The Hall–Kier alpha value is -1.94. The third-order valence-corrected chi connectivity index (χ3v) is 3.11. The first kappa shape index (κ1) is 13.5. The van der Waals surface area contributed by atoms with Gasteiger partial charge in [0.1, 0.15) is 0 Å². The van der Waals surface area contributed by atoms with E-state index in [4.69, 9.17) is 5.73 Å². The molecular weight excluding hydrogens is 236 g/mol. The fourth-order valence-corrected chi connectivity index (χ4v) is 2.09. The van der Waals surface area contributed by atoms with Crippen LogP contribution in [-0.2, 0) is 13.0 Å². The zero-order chi connectivity index (χ0) is 13.5. The van der Waals surface area contributed by atoms with Gasteiger partial charge in [-0.25, -0.2) is 4.98 Å². The van der Waals surface area contributed by atoms with Gasteiger partial charge in [-0.3, -0.25) is 4.98 Å². The van der Waals surface area contributed by atoms with Crippen molar-refractivity contribution in [2.45, 2.75) is 19.4 Å². The van der Waals surface area contributed by atoms with E-state index in [0.717, 1.165) is 30.9 Å². The Labute approximate surface area is 114 Å². The number of hydrogen-bond acceptors (Lipinski definition) is 4. The molecule has 0 radical (unpaired) electrons. The lowest BCUT2D eigenvalue weighted by Crippen LogP contribution is -2.23. The Morgan fingerprint density at radius 2 is 1.84 bits per heavy atom. The number of nitrogens with zero attached hydrogens (tertiary/aromatic N) is 3. The first-order chi connectivity index (χ1) is 9.31. The maximum atomic E-state index is 5.68. The van der Waals surface area contributed by atoms with Gasteiger partial charge in [-0.05, 0) is 18.4 Å². The molecule has 100 valence electrons. The number of benzene rings is 1. The van der Waals surface area contributed by atoms with Crippen LogP contribution in [0, 0.1) is 0 Å². The molecule has 0 aliphatic carbocycles. The lowest BCUT2D eigenvalue weighted by molar-refractivity contribution is 0.766. The van der Waals surface area contributed by atoms with E-state index in [2.05, 4.69) is 39.1 Å². The fourth-order valence-electron chi connectivity index (χ4n) is 2.09.